The molecule has 2 aliphatic rings. The van der Waals surface area contributed by atoms with Gasteiger partial charge in [-0.3, -0.25) is 9.59 Å². The van der Waals surface area contributed by atoms with E-state index in [2.05, 4.69) is 13.0 Å². The van der Waals surface area contributed by atoms with Crippen LogP contribution >= 0.6 is 0 Å². The van der Waals surface area contributed by atoms with E-state index in [4.69, 9.17) is 9.15 Å². The molecule has 2 aromatic rings. The van der Waals surface area contributed by atoms with Crippen molar-refractivity contribution in [1.29, 1.82) is 0 Å². The number of rotatable bonds is 8. The van der Waals surface area contributed by atoms with Crippen LogP contribution in [0.2, 0.25) is 0 Å². The molecule has 29 heavy (non-hydrogen) atoms. The van der Waals surface area contributed by atoms with E-state index in [1.807, 2.05) is 11.0 Å². The smallest absolute Gasteiger partial charge is 0.259 e. The van der Waals surface area contributed by atoms with Crippen molar-refractivity contribution < 1.29 is 18.7 Å². The van der Waals surface area contributed by atoms with Gasteiger partial charge in [0.25, 0.3) is 11.8 Å². The maximum Gasteiger partial charge on any atom is 0.259 e. The SMILES string of the molecule is C[C@@H]1C[C@@H]1c1ccc(CN(C(=O)c2cccc(OCC(=O)N(C)C)c2)C2CC2)o1. The van der Waals surface area contributed by atoms with E-state index in [1.54, 1.807) is 38.4 Å². The lowest BCUT2D eigenvalue weighted by Crippen LogP contribution is -2.32. The van der Waals surface area contributed by atoms with E-state index in [0.29, 0.717) is 29.7 Å². The Morgan fingerprint density at radius 2 is 1.93 bits per heavy atom. The van der Waals surface area contributed by atoms with Crippen LogP contribution in [0.5, 0.6) is 5.75 Å². The topological polar surface area (TPSA) is 63.0 Å². The van der Waals surface area contributed by atoms with Crippen LogP contribution in [0.1, 0.15) is 54.0 Å². The first-order chi connectivity index (χ1) is 13.9. The van der Waals surface area contributed by atoms with Crippen molar-refractivity contribution in [3.8, 4) is 5.75 Å². The number of furan rings is 1. The van der Waals surface area contributed by atoms with Crippen LogP contribution in [-0.4, -0.2) is 48.4 Å². The Labute approximate surface area is 171 Å². The summed E-state index contributed by atoms with van der Waals surface area (Å²) in [5.74, 6) is 3.46. The summed E-state index contributed by atoms with van der Waals surface area (Å²) < 4.78 is 11.6. The molecule has 1 aromatic heterocycles. The van der Waals surface area contributed by atoms with E-state index in [9.17, 15) is 9.59 Å². The molecule has 1 heterocycles. The van der Waals surface area contributed by atoms with Gasteiger partial charge in [0.1, 0.15) is 17.3 Å². The maximum atomic E-state index is 13.2. The molecule has 1 aromatic carbocycles. The van der Waals surface area contributed by atoms with E-state index < -0.39 is 0 Å². The Morgan fingerprint density at radius 1 is 1.17 bits per heavy atom. The van der Waals surface area contributed by atoms with Gasteiger partial charge in [-0.15, -0.1) is 0 Å². The van der Waals surface area contributed by atoms with Gasteiger partial charge in [0.05, 0.1) is 6.54 Å². The van der Waals surface area contributed by atoms with Crippen LogP contribution in [0.25, 0.3) is 0 Å². The lowest BCUT2D eigenvalue weighted by molar-refractivity contribution is -0.130. The zero-order valence-corrected chi connectivity index (χ0v) is 17.3. The van der Waals surface area contributed by atoms with Crippen molar-refractivity contribution in [1.82, 2.24) is 9.80 Å². The third kappa shape index (κ3) is 4.63. The fourth-order valence-corrected chi connectivity index (χ4v) is 3.48. The van der Waals surface area contributed by atoms with Crippen LogP contribution in [0.4, 0.5) is 0 Å². The quantitative estimate of drug-likeness (QED) is 0.683. The van der Waals surface area contributed by atoms with Crippen molar-refractivity contribution in [3.63, 3.8) is 0 Å². The van der Waals surface area contributed by atoms with E-state index in [-0.39, 0.29) is 24.5 Å². The molecule has 0 radical (unpaired) electrons. The van der Waals surface area contributed by atoms with Gasteiger partial charge in [0.2, 0.25) is 0 Å². The number of carbonyl (C=O) groups excluding carboxylic acids is 2. The first-order valence-electron chi connectivity index (χ1n) is 10.2. The Morgan fingerprint density at radius 3 is 2.59 bits per heavy atom. The Balaban J connectivity index is 1.44. The molecule has 0 spiro atoms. The van der Waals surface area contributed by atoms with E-state index in [1.165, 1.54) is 11.3 Å². The fraction of sp³-hybridized carbons (Fsp3) is 0.478. The minimum atomic E-state index is -0.125. The second-order valence-electron chi connectivity index (χ2n) is 8.39. The number of nitrogens with zero attached hydrogens (tertiary/aromatic N) is 2. The molecule has 2 atom stereocenters. The molecule has 154 valence electrons. The minimum absolute atomic E-state index is 0.0328. The molecular formula is C23H28N2O4. The van der Waals surface area contributed by atoms with Gasteiger partial charge < -0.3 is 19.0 Å². The van der Waals surface area contributed by atoms with Gasteiger partial charge in [0, 0.05) is 31.6 Å². The monoisotopic (exact) mass is 396 g/mol. The maximum absolute atomic E-state index is 13.2. The van der Waals surface area contributed by atoms with Crippen LogP contribution in [-0.2, 0) is 11.3 Å². The molecule has 2 saturated carbocycles. The van der Waals surface area contributed by atoms with Gasteiger partial charge >= 0.3 is 0 Å². The predicted octanol–water partition coefficient (Wildman–Crippen LogP) is 3.67. The van der Waals surface area contributed by atoms with Crippen molar-refractivity contribution in [2.45, 2.75) is 44.7 Å². The molecule has 6 heteroatoms. The zero-order valence-electron chi connectivity index (χ0n) is 17.3. The number of likely N-dealkylation sites (N-methyl/N-ethyl adjacent to an activating group) is 1. The zero-order chi connectivity index (χ0) is 20.5. The Bertz CT molecular complexity index is 900. The summed E-state index contributed by atoms with van der Waals surface area (Å²) in [6, 6.07) is 11.3. The van der Waals surface area contributed by atoms with Gasteiger partial charge in [-0.1, -0.05) is 13.0 Å². The summed E-state index contributed by atoms with van der Waals surface area (Å²) in [5.41, 5.74) is 0.564. The van der Waals surface area contributed by atoms with Crippen LogP contribution in [0.15, 0.2) is 40.8 Å². The van der Waals surface area contributed by atoms with Crippen molar-refractivity contribution in [3.05, 3.63) is 53.5 Å². The summed E-state index contributed by atoms with van der Waals surface area (Å²) >= 11 is 0. The lowest BCUT2D eigenvalue weighted by atomic mass is 10.1. The highest BCUT2D eigenvalue weighted by atomic mass is 16.5. The number of benzene rings is 1. The molecule has 2 fully saturated rings. The van der Waals surface area contributed by atoms with Crippen molar-refractivity contribution >= 4 is 11.8 Å². The molecule has 0 N–H and O–H groups in total. The van der Waals surface area contributed by atoms with Gasteiger partial charge in [-0.2, -0.15) is 0 Å². The first-order valence-corrected chi connectivity index (χ1v) is 10.2. The van der Waals surface area contributed by atoms with E-state index in [0.717, 1.165) is 24.4 Å². The predicted molar refractivity (Wildman–Crippen MR) is 109 cm³/mol. The number of amides is 2. The molecule has 2 aliphatic carbocycles. The highest BCUT2D eigenvalue weighted by Gasteiger charge is 2.37. The minimum Gasteiger partial charge on any atom is -0.484 e. The Hall–Kier alpha value is -2.76. The van der Waals surface area contributed by atoms with Crippen molar-refractivity contribution in [2.75, 3.05) is 20.7 Å². The van der Waals surface area contributed by atoms with Gasteiger partial charge in [-0.05, 0) is 55.5 Å². The average molecular weight is 396 g/mol. The third-order valence-corrected chi connectivity index (χ3v) is 5.67. The van der Waals surface area contributed by atoms with Crippen molar-refractivity contribution in [2.24, 2.45) is 5.92 Å². The first kappa shape index (κ1) is 19.6. The second kappa shape index (κ2) is 7.93. The Kier molecular flexibility index (Phi) is 5.35. The molecule has 0 bridgehead atoms. The largest absolute Gasteiger partial charge is 0.484 e. The molecular weight excluding hydrogens is 368 g/mol. The molecule has 6 nitrogen and oxygen atoms in total. The molecule has 0 aliphatic heterocycles. The normalized spacial score (nSPS) is 20.2. The third-order valence-electron chi connectivity index (χ3n) is 5.67. The summed E-state index contributed by atoms with van der Waals surface area (Å²) in [4.78, 5) is 28.3. The molecule has 0 saturated heterocycles. The fourth-order valence-electron chi connectivity index (χ4n) is 3.48. The van der Waals surface area contributed by atoms with Gasteiger partial charge in [-0.25, -0.2) is 0 Å². The number of hydrogen-bond acceptors (Lipinski definition) is 4. The number of hydrogen-bond donors (Lipinski definition) is 0. The average Bonchev–Trinajstić information content (AvgIpc) is 3.63. The highest BCUT2D eigenvalue weighted by molar-refractivity contribution is 5.95. The summed E-state index contributed by atoms with van der Waals surface area (Å²) in [6.45, 7) is 2.66. The number of ether oxygens (including phenoxy) is 1. The molecule has 4 rings (SSSR count). The standard InChI is InChI=1S/C23H28N2O4/c1-15-11-20(15)21-10-9-19(29-21)13-25(17-7-8-17)23(27)16-5-4-6-18(12-16)28-14-22(26)24(2)3/h4-6,9-10,12,15,17,20H,7-8,11,13-14H2,1-3H3/t15-,20+/m1/s1. The second-order valence-corrected chi connectivity index (χ2v) is 8.39. The van der Waals surface area contributed by atoms with Crippen LogP contribution in [0, 0.1) is 5.92 Å². The molecule has 2 amide bonds. The summed E-state index contributed by atoms with van der Waals surface area (Å²) in [7, 11) is 3.37. The summed E-state index contributed by atoms with van der Waals surface area (Å²) in [6.07, 6.45) is 3.22. The summed E-state index contributed by atoms with van der Waals surface area (Å²) in [5, 5.41) is 0. The number of carbonyl (C=O) groups is 2. The van der Waals surface area contributed by atoms with E-state index >= 15 is 0 Å². The van der Waals surface area contributed by atoms with Crippen LogP contribution < -0.4 is 4.74 Å². The lowest BCUT2D eigenvalue weighted by Gasteiger charge is -2.21. The van der Waals surface area contributed by atoms with Gasteiger partial charge in [0.15, 0.2) is 6.61 Å². The van der Waals surface area contributed by atoms with Crippen LogP contribution in [0.3, 0.4) is 0 Å². The molecule has 0 unspecified atom stereocenters. The highest BCUT2D eigenvalue weighted by Crippen LogP contribution is 2.47.